The van der Waals surface area contributed by atoms with Crippen LogP contribution in [0, 0.1) is 5.41 Å². The second-order valence-electron chi connectivity index (χ2n) is 3.60. The molecule has 0 unspecified atom stereocenters. The molecule has 0 heterocycles. The van der Waals surface area contributed by atoms with Gasteiger partial charge in [0.1, 0.15) is 13.5 Å². The Morgan fingerprint density at radius 2 is 1.94 bits per heavy atom. The Morgan fingerprint density at radius 3 is 2.50 bits per heavy atom. The maximum absolute atomic E-state index is 8.04. The molecule has 0 fully saturated rings. The van der Waals surface area contributed by atoms with E-state index in [1.807, 2.05) is 37.3 Å². The Kier molecular flexibility index (Phi) is 6.13. The molecule has 1 rings (SSSR count). The lowest BCUT2D eigenvalue weighted by atomic mass is 10.3. The molecular weight excluding hydrogens is 232 g/mol. The Balaban J connectivity index is 2.81. The average molecular weight is 252 g/mol. The van der Waals surface area contributed by atoms with Gasteiger partial charge in [0.15, 0.2) is 0 Å². The third kappa shape index (κ3) is 3.99. The minimum absolute atomic E-state index is 0.122. The van der Waals surface area contributed by atoms with Crippen LogP contribution in [0.3, 0.4) is 0 Å². The Morgan fingerprint density at radius 1 is 1.28 bits per heavy atom. The largest absolute Gasteiger partial charge is 0.363 e. The van der Waals surface area contributed by atoms with Crippen LogP contribution in [0.1, 0.15) is 6.92 Å². The van der Waals surface area contributed by atoms with Crippen molar-refractivity contribution >= 4 is 11.6 Å². The van der Waals surface area contributed by atoms with Crippen molar-refractivity contribution in [2.75, 3.05) is 32.1 Å². The second kappa shape index (κ2) is 7.65. The fourth-order valence-corrected chi connectivity index (χ4v) is 1.40. The number of nitrogens with two attached hydrogens (primary N) is 1. The van der Waals surface area contributed by atoms with Crippen LogP contribution in [0.4, 0.5) is 5.69 Å². The number of anilines is 1. The molecule has 0 saturated heterocycles. The summed E-state index contributed by atoms with van der Waals surface area (Å²) in [5.41, 5.74) is 0.850. The number of hydrogen-bond donors (Lipinski definition) is 2. The molecule has 0 spiro atoms. The number of hydrogen-bond acceptors (Lipinski definition) is 4. The number of guanidine groups is 1. The number of para-hydroxylation sites is 1. The third-order valence-corrected chi connectivity index (χ3v) is 2.29. The lowest BCUT2D eigenvalue weighted by Crippen LogP contribution is -2.49. The van der Waals surface area contributed by atoms with Gasteiger partial charge >= 0.3 is 0 Å². The summed E-state index contributed by atoms with van der Waals surface area (Å²) in [5.74, 6) is 5.85. The highest BCUT2D eigenvalue weighted by Gasteiger charge is 2.16. The fourth-order valence-electron chi connectivity index (χ4n) is 1.40. The standard InChI is InChI=1S/C12H20N4O2/c1-3-18-9-15(11-7-5-4-6-8-11)12(13)16(14)10-17-2/h4-8,13H,3,9-10,14H2,1-2H3. The Labute approximate surface area is 107 Å². The van der Waals surface area contributed by atoms with E-state index in [1.54, 1.807) is 4.90 Å². The average Bonchev–Trinajstić information content (AvgIpc) is 2.40. The van der Waals surface area contributed by atoms with Gasteiger partial charge in [-0.3, -0.25) is 15.3 Å². The lowest BCUT2D eigenvalue weighted by molar-refractivity contribution is 0.104. The highest BCUT2D eigenvalue weighted by molar-refractivity contribution is 5.93. The molecule has 1 aromatic rings. The zero-order valence-electron chi connectivity index (χ0n) is 10.8. The van der Waals surface area contributed by atoms with Crippen LogP contribution >= 0.6 is 0 Å². The number of hydrazine groups is 1. The van der Waals surface area contributed by atoms with Crippen molar-refractivity contribution < 1.29 is 9.47 Å². The molecule has 6 nitrogen and oxygen atoms in total. The number of rotatable bonds is 6. The van der Waals surface area contributed by atoms with Crippen LogP contribution in [-0.2, 0) is 9.47 Å². The predicted octanol–water partition coefficient (Wildman–Crippen LogP) is 1.20. The number of methoxy groups -OCH3 is 1. The van der Waals surface area contributed by atoms with E-state index in [1.165, 1.54) is 12.1 Å². The normalized spacial score (nSPS) is 10.2. The van der Waals surface area contributed by atoms with Gasteiger partial charge < -0.3 is 9.47 Å². The molecule has 0 saturated carbocycles. The Bertz CT molecular complexity index is 358. The van der Waals surface area contributed by atoms with Crippen molar-refractivity contribution in [1.82, 2.24) is 5.01 Å². The summed E-state index contributed by atoms with van der Waals surface area (Å²) in [5, 5.41) is 9.25. The molecule has 0 aliphatic heterocycles. The molecule has 0 aliphatic rings. The second-order valence-corrected chi connectivity index (χ2v) is 3.60. The summed E-state index contributed by atoms with van der Waals surface area (Å²) in [6.45, 7) is 2.90. The van der Waals surface area contributed by atoms with Crippen molar-refractivity contribution in [1.29, 1.82) is 5.41 Å². The van der Waals surface area contributed by atoms with Crippen LogP contribution in [0.25, 0.3) is 0 Å². The van der Waals surface area contributed by atoms with E-state index in [-0.39, 0.29) is 19.4 Å². The summed E-state index contributed by atoms with van der Waals surface area (Å²) in [7, 11) is 1.53. The summed E-state index contributed by atoms with van der Waals surface area (Å²) in [6, 6.07) is 9.52. The van der Waals surface area contributed by atoms with E-state index < -0.39 is 0 Å². The number of nitrogens with one attached hydrogen (secondary N) is 1. The van der Waals surface area contributed by atoms with E-state index in [2.05, 4.69) is 0 Å². The maximum atomic E-state index is 8.04. The quantitative estimate of drug-likeness (QED) is 0.262. The molecule has 0 radical (unpaired) electrons. The van der Waals surface area contributed by atoms with Crippen molar-refractivity contribution in [3.63, 3.8) is 0 Å². The monoisotopic (exact) mass is 252 g/mol. The van der Waals surface area contributed by atoms with Crippen LogP contribution < -0.4 is 10.7 Å². The summed E-state index contributed by atoms with van der Waals surface area (Å²) in [4.78, 5) is 1.67. The van der Waals surface area contributed by atoms with Crippen molar-refractivity contribution in [3.05, 3.63) is 30.3 Å². The molecule has 100 valence electrons. The van der Waals surface area contributed by atoms with E-state index in [0.717, 1.165) is 5.69 Å². The first kappa shape index (κ1) is 14.4. The molecule has 0 aliphatic carbocycles. The maximum Gasteiger partial charge on any atom is 0.216 e. The van der Waals surface area contributed by atoms with Crippen LogP contribution in [-0.4, -0.2) is 38.1 Å². The highest BCUT2D eigenvalue weighted by Crippen LogP contribution is 2.14. The van der Waals surface area contributed by atoms with Crippen LogP contribution in [0.5, 0.6) is 0 Å². The molecule has 18 heavy (non-hydrogen) atoms. The molecule has 0 amide bonds. The number of nitrogens with zero attached hydrogens (tertiary/aromatic N) is 2. The smallest absolute Gasteiger partial charge is 0.216 e. The van der Waals surface area contributed by atoms with Gasteiger partial charge in [-0.25, -0.2) is 5.84 Å². The third-order valence-electron chi connectivity index (χ3n) is 2.29. The van der Waals surface area contributed by atoms with Gasteiger partial charge in [0.2, 0.25) is 5.96 Å². The first-order chi connectivity index (χ1) is 8.70. The van der Waals surface area contributed by atoms with Crippen molar-refractivity contribution in [2.24, 2.45) is 5.84 Å². The van der Waals surface area contributed by atoms with Gasteiger partial charge in [0, 0.05) is 19.4 Å². The first-order valence-electron chi connectivity index (χ1n) is 5.70. The molecule has 3 N–H and O–H groups in total. The highest BCUT2D eigenvalue weighted by atomic mass is 16.5. The van der Waals surface area contributed by atoms with Gasteiger partial charge in [-0.1, -0.05) is 18.2 Å². The van der Waals surface area contributed by atoms with Gasteiger partial charge in [-0.15, -0.1) is 0 Å². The molecule has 6 heteroatoms. The minimum atomic E-state index is 0.122. The van der Waals surface area contributed by atoms with Gasteiger partial charge in [-0.05, 0) is 19.1 Å². The van der Waals surface area contributed by atoms with Gasteiger partial charge in [-0.2, -0.15) is 0 Å². The van der Waals surface area contributed by atoms with Crippen LogP contribution in [0.15, 0.2) is 30.3 Å². The molecule has 0 atom stereocenters. The summed E-state index contributed by atoms with van der Waals surface area (Å²) in [6.07, 6.45) is 0. The first-order valence-corrected chi connectivity index (χ1v) is 5.70. The summed E-state index contributed by atoms with van der Waals surface area (Å²) >= 11 is 0. The van der Waals surface area contributed by atoms with Gasteiger partial charge in [0.05, 0.1) is 0 Å². The molecule has 0 aromatic heterocycles. The number of ether oxygens (including phenoxy) is 2. The van der Waals surface area contributed by atoms with Crippen molar-refractivity contribution in [3.8, 4) is 0 Å². The fraction of sp³-hybridized carbons (Fsp3) is 0.417. The molecule has 0 bridgehead atoms. The topological polar surface area (TPSA) is 74.8 Å². The Hall–Kier alpha value is -1.63. The van der Waals surface area contributed by atoms with E-state index in [9.17, 15) is 0 Å². The lowest BCUT2D eigenvalue weighted by Gasteiger charge is -2.29. The van der Waals surface area contributed by atoms with Crippen molar-refractivity contribution in [2.45, 2.75) is 6.92 Å². The van der Waals surface area contributed by atoms with E-state index in [0.29, 0.717) is 6.61 Å². The van der Waals surface area contributed by atoms with Gasteiger partial charge in [0.25, 0.3) is 0 Å². The minimum Gasteiger partial charge on any atom is -0.363 e. The SMILES string of the molecule is CCOCN(C(=N)N(N)COC)c1ccccc1. The predicted molar refractivity (Wildman–Crippen MR) is 71.0 cm³/mol. The van der Waals surface area contributed by atoms with E-state index in [4.69, 9.17) is 20.7 Å². The summed E-state index contributed by atoms with van der Waals surface area (Å²) < 4.78 is 10.3. The zero-order valence-corrected chi connectivity index (χ0v) is 10.8. The van der Waals surface area contributed by atoms with Crippen LogP contribution in [0.2, 0.25) is 0 Å². The molecule has 1 aromatic carbocycles. The molecular formula is C12H20N4O2. The zero-order chi connectivity index (χ0) is 13.4. The van der Waals surface area contributed by atoms with E-state index >= 15 is 0 Å². The number of benzene rings is 1.